The summed E-state index contributed by atoms with van der Waals surface area (Å²) in [6.07, 6.45) is 8.35. The highest BCUT2D eigenvalue weighted by Crippen LogP contribution is 2.35. The minimum absolute atomic E-state index is 0.0227. The van der Waals surface area contributed by atoms with Crippen molar-refractivity contribution in [2.45, 2.75) is 44.2 Å². The van der Waals surface area contributed by atoms with Gasteiger partial charge in [-0.1, -0.05) is 36.4 Å². The van der Waals surface area contributed by atoms with Gasteiger partial charge < -0.3 is 49.3 Å². The molecule has 1 aliphatic rings. The molecule has 0 aliphatic carbocycles. The molecule has 2 unspecified atom stereocenters. The van der Waals surface area contributed by atoms with Crippen LogP contribution in [0.4, 0.5) is 5.82 Å². The molecule has 348 valence electrons. The maximum atomic E-state index is 13.4. The molecule has 18 heteroatoms. The number of aldehydes is 2. The number of para-hydroxylation sites is 1. The molecule has 0 radical (unpaired) electrons. The van der Waals surface area contributed by atoms with E-state index in [-0.39, 0.29) is 60.8 Å². The summed E-state index contributed by atoms with van der Waals surface area (Å²) in [5, 5.41) is 8.15. The molecule has 3 N–H and O–H groups in total. The highest BCUT2D eigenvalue weighted by molar-refractivity contribution is 6.04. The minimum Gasteiger partial charge on any atom is -0.490 e. The molecular weight excluding hydrogens is 849 g/mol. The number of ether oxygens (including phenoxy) is 5. The van der Waals surface area contributed by atoms with Crippen LogP contribution in [0.5, 0.6) is 17.2 Å². The van der Waals surface area contributed by atoms with Crippen molar-refractivity contribution >= 4 is 47.1 Å². The molecule has 3 amide bonds. The standard InChI is InChI=1S/C48H56N8O10/c1-50-41(59)21-18-37(32-58)54(2)48(61)43-35(31-57)10-8-14-40(43)65-29-28-64-27-26-63-25-24-62-23-7-6-15-42(60)55-22-9-11-36(30-55)56-47-44(46(49)51-33-52-47)45(53-56)34-16-19-39(20-17-34)66-38-12-4-3-5-13-38/h3-6,8,10,12-17,19-20,31-33,36-37H,7,9,11,18,21-30H2,1-2H3,(H,50,59)(H2,49,51,52)/b15-6+. The van der Waals surface area contributed by atoms with Crippen LogP contribution in [0, 0.1) is 0 Å². The number of nitrogen functional groups attached to an aromatic ring is 1. The van der Waals surface area contributed by atoms with Gasteiger partial charge >= 0.3 is 0 Å². The number of carbonyl (C=O) groups is 5. The lowest BCUT2D eigenvalue weighted by molar-refractivity contribution is -0.127. The smallest absolute Gasteiger partial charge is 0.258 e. The molecule has 66 heavy (non-hydrogen) atoms. The Morgan fingerprint density at radius 1 is 0.894 bits per heavy atom. The highest BCUT2D eigenvalue weighted by atomic mass is 16.6. The maximum Gasteiger partial charge on any atom is 0.258 e. The first kappa shape index (κ1) is 48.4. The van der Waals surface area contributed by atoms with Crippen LogP contribution in [0.25, 0.3) is 22.3 Å². The molecule has 0 saturated carbocycles. The van der Waals surface area contributed by atoms with Crippen molar-refractivity contribution in [3.05, 3.63) is 102 Å². The van der Waals surface area contributed by atoms with Gasteiger partial charge in [-0.25, -0.2) is 14.6 Å². The van der Waals surface area contributed by atoms with Gasteiger partial charge in [0.1, 0.15) is 48.0 Å². The number of aromatic nitrogens is 4. The number of carbonyl (C=O) groups excluding carboxylic acids is 5. The quantitative estimate of drug-likeness (QED) is 0.0443. The van der Waals surface area contributed by atoms with Crippen LogP contribution >= 0.6 is 0 Å². The second-order valence-corrected chi connectivity index (χ2v) is 15.3. The van der Waals surface area contributed by atoms with E-state index >= 15 is 0 Å². The second-order valence-electron chi connectivity index (χ2n) is 15.3. The average molecular weight is 905 g/mol. The molecule has 1 saturated heterocycles. The molecule has 3 aromatic carbocycles. The third-order valence-electron chi connectivity index (χ3n) is 10.9. The Hall–Kier alpha value is -7.02. The summed E-state index contributed by atoms with van der Waals surface area (Å²) in [5.74, 6) is 1.02. The van der Waals surface area contributed by atoms with E-state index < -0.39 is 11.9 Å². The molecule has 5 aromatic rings. The van der Waals surface area contributed by atoms with Crippen LogP contribution in [-0.2, 0) is 28.6 Å². The molecule has 1 aliphatic heterocycles. The molecule has 2 atom stereocenters. The Labute approximate surface area is 383 Å². The van der Waals surface area contributed by atoms with Gasteiger partial charge in [-0.3, -0.25) is 19.2 Å². The van der Waals surface area contributed by atoms with Gasteiger partial charge in [0.25, 0.3) is 5.91 Å². The number of nitrogens with zero attached hydrogens (tertiary/aromatic N) is 6. The predicted octanol–water partition coefficient (Wildman–Crippen LogP) is 5.08. The van der Waals surface area contributed by atoms with Crippen LogP contribution in [0.2, 0.25) is 0 Å². The average Bonchev–Trinajstić information content (AvgIpc) is 3.75. The number of nitrogens with one attached hydrogen (secondary N) is 1. The Kier molecular flexibility index (Phi) is 18.3. The minimum atomic E-state index is -0.869. The topological polar surface area (TPSA) is 220 Å². The van der Waals surface area contributed by atoms with Crippen molar-refractivity contribution in [1.29, 1.82) is 0 Å². The number of hydrogen-bond donors (Lipinski definition) is 2. The van der Waals surface area contributed by atoms with Crippen molar-refractivity contribution in [2.24, 2.45) is 0 Å². The zero-order chi connectivity index (χ0) is 46.7. The molecule has 0 spiro atoms. The van der Waals surface area contributed by atoms with Gasteiger partial charge in [-0.15, -0.1) is 0 Å². The number of fused-ring (bicyclic) bond motifs is 1. The lowest BCUT2D eigenvalue weighted by Crippen LogP contribution is -2.40. The Morgan fingerprint density at radius 2 is 1.61 bits per heavy atom. The largest absolute Gasteiger partial charge is 0.490 e. The summed E-state index contributed by atoms with van der Waals surface area (Å²) in [6.45, 7) is 3.14. The second kappa shape index (κ2) is 24.9. The molecule has 18 nitrogen and oxygen atoms in total. The number of benzene rings is 3. The first-order valence-corrected chi connectivity index (χ1v) is 21.9. The van der Waals surface area contributed by atoms with E-state index in [0.717, 1.165) is 24.2 Å². The van der Waals surface area contributed by atoms with E-state index in [4.69, 9.17) is 34.5 Å². The molecule has 0 bridgehead atoms. The van der Waals surface area contributed by atoms with Crippen molar-refractivity contribution < 1.29 is 47.7 Å². The summed E-state index contributed by atoms with van der Waals surface area (Å²) in [5.41, 5.74) is 8.65. The van der Waals surface area contributed by atoms with Crippen LogP contribution in [0.15, 0.2) is 91.3 Å². The normalized spacial score (nSPS) is 14.2. The van der Waals surface area contributed by atoms with Gasteiger partial charge in [0.05, 0.1) is 62.7 Å². The molecular formula is C48H56N8O10. The monoisotopic (exact) mass is 904 g/mol. The predicted molar refractivity (Wildman–Crippen MR) is 245 cm³/mol. The lowest BCUT2D eigenvalue weighted by atomic mass is 10.0. The molecule has 6 rings (SSSR count). The van der Waals surface area contributed by atoms with Gasteiger partial charge in [0.15, 0.2) is 11.9 Å². The van der Waals surface area contributed by atoms with Crippen molar-refractivity contribution in [1.82, 2.24) is 34.9 Å². The third-order valence-corrected chi connectivity index (χ3v) is 10.9. The Bertz CT molecular complexity index is 2430. The van der Waals surface area contributed by atoms with Crippen molar-refractivity contribution in [2.75, 3.05) is 79.2 Å². The SMILES string of the molecule is CNC(=O)CCC(C=O)N(C)C(=O)c1c(C=O)cccc1OCCOCCOCCOCC/C=C/C(=O)N1CCCC(n2nc(-c3ccc(Oc4ccccc4)cc3)c3c(N)ncnc32)C1. The summed E-state index contributed by atoms with van der Waals surface area (Å²) in [4.78, 5) is 73.7. The molecule has 2 aromatic heterocycles. The number of amides is 3. The zero-order valence-corrected chi connectivity index (χ0v) is 37.2. The van der Waals surface area contributed by atoms with Crippen molar-refractivity contribution in [3.8, 4) is 28.5 Å². The maximum absolute atomic E-state index is 13.4. The van der Waals surface area contributed by atoms with Gasteiger partial charge in [0.2, 0.25) is 11.8 Å². The third kappa shape index (κ3) is 13.0. The number of likely N-dealkylation sites (N-methyl/N-ethyl adjacent to an activating group) is 1. The van der Waals surface area contributed by atoms with Crippen LogP contribution in [0.3, 0.4) is 0 Å². The van der Waals surface area contributed by atoms with Crippen molar-refractivity contribution in [3.63, 3.8) is 0 Å². The molecule has 3 heterocycles. The van der Waals surface area contributed by atoms with Gasteiger partial charge in [0, 0.05) is 44.7 Å². The summed E-state index contributed by atoms with van der Waals surface area (Å²) in [7, 11) is 2.93. The van der Waals surface area contributed by atoms with E-state index in [1.54, 1.807) is 18.2 Å². The van der Waals surface area contributed by atoms with E-state index in [1.165, 1.54) is 31.4 Å². The number of hydrogen-bond acceptors (Lipinski definition) is 14. The number of nitrogens with two attached hydrogens (primary N) is 1. The number of rotatable bonds is 25. The highest BCUT2D eigenvalue weighted by Gasteiger charge is 2.29. The first-order chi connectivity index (χ1) is 32.2. The van der Waals surface area contributed by atoms with Gasteiger partial charge in [-0.2, -0.15) is 5.10 Å². The zero-order valence-electron chi connectivity index (χ0n) is 37.2. The molecule has 1 fully saturated rings. The first-order valence-electron chi connectivity index (χ1n) is 21.9. The fraction of sp³-hybridized carbons (Fsp3) is 0.375. The van der Waals surface area contributed by atoms with Crippen LogP contribution in [0.1, 0.15) is 58.9 Å². The van der Waals surface area contributed by atoms with Crippen LogP contribution < -0.4 is 20.5 Å². The summed E-state index contributed by atoms with van der Waals surface area (Å²) < 4.78 is 30.5. The van der Waals surface area contributed by atoms with E-state index in [2.05, 4.69) is 15.3 Å². The van der Waals surface area contributed by atoms with Crippen LogP contribution in [-0.4, -0.2) is 139 Å². The Morgan fingerprint density at radius 3 is 2.32 bits per heavy atom. The fourth-order valence-corrected chi connectivity index (χ4v) is 7.38. The number of anilines is 1. The fourth-order valence-electron chi connectivity index (χ4n) is 7.38. The Balaban J connectivity index is 0.871. The van der Waals surface area contributed by atoms with Gasteiger partial charge in [-0.05, 0) is 74.2 Å². The van der Waals surface area contributed by atoms with E-state index in [0.29, 0.717) is 93.4 Å². The summed E-state index contributed by atoms with van der Waals surface area (Å²) in [6, 6.07) is 20.9. The number of piperidine rings is 1. The number of likely N-dealkylation sites (tertiary alicyclic amines) is 1. The lowest BCUT2D eigenvalue weighted by Gasteiger charge is -2.32. The summed E-state index contributed by atoms with van der Waals surface area (Å²) >= 11 is 0. The van der Waals surface area contributed by atoms with E-state index in [9.17, 15) is 24.0 Å². The van der Waals surface area contributed by atoms with E-state index in [1.807, 2.05) is 70.3 Å².